The summed E-state index contributed by atoms with van der Waals surface area (Å²) in [6, 6.07) is 0.550. The SMILES string of the molecule is CC(C)(C)CC1NCCOC12CCCSC2. The third-order valence-electron chi connectivity index (χ3n) is 3.57. The van der Waals surface area contributed by atoms with Crippen molar-refractivity contribution in [3.8, 4) is 0 Å². The van der Waals surface area contributed by atoms with Crippen LogP contribution in [0, 0.1) is 5.41 Å². The minimum atomic E-state index is 0.133. The molecule has 0 aliphatic carbocycles. The summed E-state index contributed by atoms with van der Waals surface area (Å²) in [6.07, 6.45) is 3.77. The summed E-state index contributed by atoms with van der Waals surface area (Å²) in [4.78, 5) is 0. The Kier molecular flexibility index (Phi) is 3.87. The fraction of sp³-hybridized carbons (Fsp3) is 1.00. The van der Waals surface area contributed by atoms with E-state index < -0.39 is 0 Å². The summed E-state index contributed by atoms with van der Waals surface area (Å²) >= 11 is 2.07. The number of hydrogen-bond donors (Lipinski definition) is 1. The van der Waals surface area contributed by atoms with Gasteiger partial charge in [-0.15, -0.1) is 0 Å². The van der Waals surface area contributed by atoms with Crippen molar-refractivity contribution >= 4 is 11.8 Å². The number of thioether (sulfide) groups is 1. The lowest BCUT2D eigenvalue weighted by molar-refractivity contribution is -0.0950. The highest BCUT2D eigenvalue weighted by atomic mass is 32.2. The van der Waals surface area contributed by atoms with E-state index in [1.807, 2.05) is 0 Å². The summed E-state index contributed by atoms with van der Waals surface area (Å²) in [6.45, 7) is 8.89. The Morgan fingerprint density at radius 3 is 2.88 bits per heavy atom. The van der Waals surface area contributed by atoms with E-state index in [-0.39, 0.29) is 5.60 Å². The summed E-state index contributed by atoms with van der Waals surface area (Å²) in [5, 5.41) is 3.70. The lowest BCUT2D eigenvalue weighted by Gasteiger charge is -2.48. The molecule has 3 heteroatoms. The highest BCUT2D eigenvalue weighted by Crippen LogP contribution is 2.38. The number of nitrogens with one attached hydrogen (secondary N) is 1. The number of rotatable bonds is 1. The summed E-state index contributed by atoms with van der Waals surface area (Å²) < 4.78 is 6.18. The predicted octanol–water partition coefficient (Wildman–Crippen LogP) is 2.68. The van der Waals surface area contributed by atoms with Gasteiger partial charge in [-0.05, 0) is 30.4 Å². The van der Waals surface area contributed by atoms with Gasteiger partial charge in [-0.25, -0.2) is 0 Å². The van der Waals surface area contributed by atoms with Gasteiger partial charge in [-0.1, -0.05) is 20.8 Å². The van der Waals surface area contributed by atoms with Gasteiger partial charge in [0.25, 0.3) is 0 Å². The van der Waals surface area contributed by atoms with Crippen molar-refractivity contribution in [1.82, 2.24) is 5.32 Å². The molecule has 2 saturated heterocycles. The van der Waals surface area contributed by atoms with Crippen LogP contribution in [0.5, 0.6) is 0 Å². The second-order valence-corrected chi connectivity index (χ2v) is 7.45. The van der Waals surface area contributed by atoms with Gasteiger partial charge in [0.1, 0.15) is 0 Å². The molecule has 2 rings (SSSR count). The van der Waals surface area contributed by atoms with E-state index >= 15 is 0 Å². The molecule has 0 aromatic rings. The van der Waals surface area contributed by atoms with E-state index in [1.165, 1.54) is 30.8 Å². The van der Waals surface area contributed by atoms with Crippen LogP contribution >= 0.6 is 11.8 Å². The van der Waals surface area contributed by atoms with Crippen LogP contribution in [0.1, 0.15) is 40.0 Å². The Morgan fingerprint density at radius 1 is 1.44 bits per heavy atom. The Hall–Kier alpha value is 0.270. The molecular formula is C13H25NOS. The van der Waals surface area contributed by atoms with Crippen molar-refractivity contribution in [2.45, 2.75) is 51.7 Å². The van der Waals surface area contributed by atoms with Gasteiger partial charge in [-0.3, -0.25) is 0 Å². The molecule has 2 unspecified atom stereocenters. The van der Waals surface area contributed by atoms with E-state index in [4.69, 9.17) is 4.74 Å². The van der Waals surface area contributed by atoms with Crippen LogP contribution in [0.15, 0.2) is 0 Å². The van der Waals surface area contributed by atoms with E-state index in [9.17, 15) is 0 Å². The molecule has 2 aliphatic heterocycles. The molecule has 0 bridgehead atoms. The highest BCUT2D eigenvalue weighted by Gasteiger charge is 2.44. The van der Waals surface area contributed by atoms with E-state index in [1.54, 1.807) is 0 Å². The van der Waals surface area contributed by atoms with Crippen molar-refractivity contribution in [2.24, 2.45) is 5.41 Å². The van der Waals surface area contributed by atoms with Gasteiger partial charge in [0.2, 0.25) is 0 Å². The quantitative estimate of drug-likeness (QED) is 0.765. The molecule has 2 atom stereocenters. The first-order valence-electron chi connectivity index (χ1n) is 6.47. The molecule has 0 amide bonds. The zero-order valence-corrected chi connectivity index (χ0v) is 11.7. The number of hydrogen-bond acceptors (Lipinski definition) is 3. The minimum absolute atomic E-state index is 0.133. The second-order valence-electron chi connectivity index (χ2n) is 6.34. The lowest BCUT2D eigenvalue weighted by atomic mass is 9.78. The van der Waals surface area contributed by atoms with Crippen LogP contribution in [-0.4, -0.2) is 36.3 Å². The van der Waals surface area contributed by atoms with Crippen molar-refractivity contribution < 1.29 is 4.74 Å². The fourth-order valence-corrected chi connectivity index (χ4v) is 4.09. The second kappa shape index (κ2) is 4.87. The lowest BCUT2D eigenvalue weighted by Crippen LogP contribution is -2.61. The molecule has 1 spiro atoms. The van der Waals surface area contributed by atoms with E-state index in [2.05, 4.69) is 37.8 Å². The molecule has 2 heterocycles. The largest absolute Gasteiger partial charge is 0.371 e. The first-order chi connectivity index (χ1) is 7.52. The van der Waals surface area contributed by atoms with Crippen molar-refractivity contribution in [1.29, 1.82) is 0 Å². The molecule has 1 N–H and O–H groups in total. The van der Waals surface area contributed by atoms with Gasteiger partial charge >= 0.3 is 0 Å². The molecule has 2 aliphatic rings. The van der Waals surface area contributed by atoms with E-state index in [0.717, 1.165) is 13.2 Å². The molecule has 0 aromatic heterocycles. The monoisotopic (exact) mass is 243 g/mol. The number of morpholine rings is 1. The molecule has 94 valence electrons. The predicted molar refractivity (Wildman–Crippen MR) is 71.1 cm³/mol. The Morgan fingerprint density at radius 2 is 2.25 bits per heavy atom. The van der Waals surface area contributed by atoms with Crippen LogP contribution in [0.2, 0.25) is 0 Å². The average molecular weight is 243 g/mol. The Balaban J connectivity index is 2.06. The molecular weight excluding hydrogens is 218 g/mol. The van der Waals surface area contributed by atoms with Crippen molar-refractivity contribution in [2.75, 3.05) is 24.7 Å². The summed E-state index contributed by atoms with van der Waals surface area (Å²) in [7, 11) is 0. The maximum absolute atomic E-state index is 6.18. The third kappa shape index (κ3) is 2.93. The molecule has 0 saturated carbocycles. The average Bonchev–Trinajstić information content (AvgIpc) is 2.21. The van der Waals surface area contributed by atoms with Crippen LogP contribution < -0.4 is 5.32 Å². The van der Waals surface area contributed by atoms with Gasteiger partial charge in [0.15, 0.2) is 0 Å². The Labute approximate surface area is 104 Å². The molecule has 2 nitrogen and oxygen atoms in total. The molecule has 2 fully saturated rings. The smallest absolute Gasteiger partial charge is 0.0925 e. The minimum Gasteiger partial charge on any atom is -0.371 e. The zero-order chi connectivity index (χ0) is 11.6. The zero-order valence-electron chi connectivity index (χ0n) is 10.8. The van der Waals surface area contributed by atoms with Gasteiger partial charge < -0.3 is 10.1 Å². The summed E-state index contributed by atoms with van der Waals surface area (Å²) in [5.74, 6) is 2.49. The van der Waals surface area contributed by atoms with Crippen molar-refractivity contribution in [3.63, 3.8) is 0 Å². The van der Waals surface area contributed by atoms with Crippen molar-refractivity contribution in [3.05, 3.63) is 0 Å². The standard InChI is InChI=1S/C13H25NOS/c1-12(2,3)9-11-13(15-7-6-14-11)5-4-8-16-10-13/h11,14H,4-10H2,1-3H3. The molecule has 16 heavy (non-hydrogen) atoms. The first-order valence-corrected chi connectivity index (χ1v) is 7.62. The fourth-order valence-electron chi connectivity index (χ4n) is 2.82. The maximum atomic E-state index is 6.18. The number of ether oxygens (including phenoxy) is 1. The van der Waals surface area contributed by atoms with Crippen LogP contribution in [0.4, 0.5) is 0 Å². The third-order valence-corrected chi connectivity index (χ3v) is 4.84. The molecule has 0 aromatic carbocycles. The van der Waals surface area contributed by atoms with Crippen LogP contribution in [0.25, 0.3) is 0 Å². The Bertz CT molecular complexity index is 222. The van der Waals surface area contributed by atoms with Gasteiger partial charge in [0, 0.05) is 18.3 Å². The van der Waals surface area contributed by atoms with E-state index in [0.29, 0.717) is 11.5 Å². The molecule has 0 radical (unpaired) electrons. The normalized spacial score (nSPS) is 36.6. The first kappa shape index (κ1) is 12.7. The van der Waals surface area contributed by atoms with Gasteiger partial charge in [-0.2, -0.15) is 11.8 Å². The highest BCUT2D eigenvalue weighted by molar-refractivity contribution is 7.99. The topological polar surface area (TPSA) is 21.3 Å². The van der Waals surface area contributed by atoms with Crippen LogP contribution in [-0.2, 0) is 4.74 Å². The van der Waals surface area contributed by atoms with Crippen LogP contribution in [0.3, 0.4) is 0 Å². The van der Waals surface area contributed by atoms with Gasteiger partial charge in [0.05, 0.1) is 12.2 Å². The maximum Gasteiger partial charge on any atom is 0.0925 e. The summed E-state index contributed by atoms with van der Waals surface area (Å²) in [5.41, 5.74) is 0.516.